The highest BCUT2D eigenvalue weighted by Gasteiger charge is 2.60. The molecule has 2 aliphatic rings. The van der Waals surface area contributed by atoms with Crippen LogP contribution in [-0.2, 0) is 45.1 Å². The van der Waals surface area contributed by atoms with Gasteiger partial charge in [0, 0.05) is 28.1 Å². The van der Waals surface area contributed by atoms with Gasteiger partial charge in [-0.15, -0.1) is 0 Å². The highest BCUT2D eigenvalue weighted by atomic mass is 35.5. The van der Waals surface area contributed by atoms with Crippen molar-refractivity contribution in [2.75, 3.05) is 12.4 Å². The van der Waals surface area contributed by atoms with Crippen LogP contribution in [0, 0.1) is 0 Å². The predicted molar refractivity (Wildman–Crippen MR) is 148 cm³/mol. The average molecular weight is 656 g/mol. The van der Waals surface area contributed by atoms with Crippen molar-refractivity contribution < 1.29 is 52.1 Å². The van der Waals surface area contributed by atoms with Gasteiger partial charge in [-0.25, -0.2) is 18.0 Å². The summed E-state index contributed by atoms with van der Waals surface area (Å²) in [7, 11) is -4.27. The molecule has 228 valence electrons. The van der Waals surface area contributed by atoms with E-state index in [4.69, 9.17) is 32.7 Å². The first-order valence-electron chi connectivity index (χ1n) is 12.3. The van der Waals surface area contributed by atoms with E-state index < -0.39 is 75.2 Å². The van der Waals surface area contributed by atoms with E-state index in [-0.39, 0.29) is 28.5 Å². The molecule has 3 amide bonds. The Balaban J connectivity index is 1.55. The van der Waals surface area contributed by atoms with Crippen LogP contribution < -0.4 is 10.6 Å². The van der Waals surface area contributed by atoms with Crippen molar-refractivity contribution in [3.63, 3.8) is 0 Å². The van der Waals surface area contributed by atoms with Crippen LogP contribution in [0.2, 0.25) is 10.0 Å². The van der Waals surface area contributed by atoms with Gasteiger partial charge in [-0.3, -0.25) is 19.3 Å². The standard InChI is InChI=1S/C26H23Cl2N3O11S/c1-12(32)41-10-15-11-43(39,40)24-20(23(35)31(24)21(15)25(36)37)29-22(34)19(13-3-6-17(33)7-4-13)30-26(38)42-9-14-2-5-16(27)8-18(14)28/h2-8,19-20,24,33H,9-11H2,1H3,(H,29,34)(H,30,38)(H,36,37)/t19?,20-,24-/m0/s1. The Morgan fingerprint density at radius 1 is 1.07 bits per heavy atom. The summed E-state index contributed by atoms with van der Waals surface area (Å²) < 4.78 is 36.1. The number of nitrogens with one attached hydrogen (secondary N) is 2. The van der Waals surface area contributed by atoms with Crippen molar-refractivity contribution in [2.24, 2.45) is 0 Å². The summed E-state index contributed by atoms with van der Waals surface area (Å²) in [5.41, 5.74) is -0.454. The van der Waals surface area contributed by atoms with Gasteiger partial charge in [-0.2, -0.15) is 0 Å². The van der Waals surface area contributed by atoms with Crippen molar-refractivity contribution in [2.45, 2.75) is 31.0 Å². The summed E-state index contributed by atoms with van der Waals surface area (Å²) in [5.74, 6) is -5.51. The van der Waals surface area contributed by atoms with Crippen LogP contribution in [0.15, 0.2) is 53.7 Å². The number of β-lactam (4-membered cyclic amide) rings is 1. The number of carbonyl (C=O) groups is 5. The lowest BCUT2D eigenvalue weighted by molar-refractivity contribution is -0.151. The van der Waals surface area contributed by atoms with E-state index in [1.54, 1.807) is 0 Å². The van der Waals surface area contributed by atoms with Gasteiger partial charge in [0.2, 0.25) is 5.91 Å². The van der Waals surface area contributed by atoms with Crippen LogP contribution in [-0.4, -0.2) is 77.2 Å². The normalized spacial score (nSPS) is 19.4. The number of nitrogens with zero attached hydrogens (tertiary/aromatic N) is 1. The van der Waals surface area contributed by atoms with E-state index in [1.165, 1.54) is 42.5 Å². The fourth-order valence-electron chi connectivity index (χ4n) is 4.47. The summed E-state index contributed by atoms with van der Waals surface area (Å²) in [5, 5.41) is 22.8. The highest BCUT2D eigenvalue weighted by molar-refractivity contribution is 7.92. The first kappa shape index (κ1) is 31.6. The van der Waals surface area contributed by atoms with Gasteiger partial charge in [-0.1, -0.05) is 41.4 Å². The van der Waals surface area contributed by atoms with Gasteiger partial charge in [0.05, 0.1) is 5.75 Å². The number of sulfone groups is 1. The molecule has 43 heavy (non-hydrogen) atoms. The number of rotatable bonds is 9. The first-order chi connectivity index (χ1) is 20.2. The largest absolute Gasteiger partial charge is 0.508 e. The highest BCUT2D eigenvalue weighted by Crippen LogP contribution is 2.37. The number of hydrogen-bond acceptors (Lipinski definition) is 10. The number of ether oxygens (including phenoxy) is 2. The number of aromatic hydroxyl groups is 1. The molecular formula is C26H23Cl2N3O11S. The Kier molecular flexibility index (Phi) is 9.18. The SMILES string of the molecule is CC(=O)OCC1=C(C(=O)O)N2C(=O)[C@H](NC(=O)C(NC(=O)OCc3ccc(Cl)cc3Cl)c3ccc(O)cc3)[C@@H]2S(=O)(=O)C1. The summed E-state index contributed by atoms with van der Waals surface area (Å²) in [6, 6.07) is 6.30. The minimum Gasteiger partial charge on any atom is -0.508 e. The molecule has 1 fully saturated rings. The van der Waals surface area contributed by atoms with Crippen molar-refractivity contribution >= 4 is 62.9 Å². The summed E-state index contributed by atoms with van der Waals surface area (Å²) >= 11 is 12.0. The molecule has 0 radical (unpaired) electrons. The molecule has 14 nitrogen and oxygen atoms in total. The molecule has 2 aromatic rings. The van der Waals surface area contributed by atoms with Crippen LogP contribution in [0.3, 0.4) is 0 Å². The minimum absolute atomic E-state index is 0.127. The zero-order chi connectivity index (χ0) is 31.6. The topological polar surface area (TPSA) is 206 Å². The molecule has 4 rings (SSSR count). The fourth-order valence-corrected chi connectivity index (χ4v) is 6.94. The number of fused-ring (bicyclic) bond motifs is 1. The Labute approximate surface area is 254 Å². The predicted octanol–water partition coefficient (Wildman–Crippen LogP) is 1.65. The molecule has 0 aliphatic carbocycles. The molecule has 2 heterocycles. The number of benzene rings is 2. The van der Waals surface area contributed by atoms with Crippen LogP contribution in [0.4, 0.5) is 4.79 Å². The number of phenolic OH excluding ortho intramolecular Hbond substituents is 1. The number of carboxylic acids is 1. The Morgan fingerprint density at radius 3 is 2.35 bits per heavy atom. The quantitative estimate of drug-likeness (QED) is 0.226. The van der Waals surface area contributed by atoms with E-state index in [2.05, 4.69) is 10.6 Å². The molecule has 0 saturated carbocycles. The zero-order valence-electron chi connectivity index (χ0n) is 22.1. The molecule has 3 atom stereocenters. The monoisotopic (exact) mass is 655 g/mol. The number of aliphatic carboxylic acids is 1. The third-order valence-corrected chi connectivity index (χ3v) is 8.99. The Morgan fingerprint density at radius 2 is 1.74 bits per heavy atom. The Hall–Kier alpha value is -4.34. The molecule has 1 saturated heterocycles. The zero-order valence-corrected chi connectivity index (χ0v) is 24.4. The van der Waals surface area contributed by atoms with Crippen molar-refractivity contribution in [1.29, 1.82) is 0 Å². The summed E-state index contributed by atoms with van der Waals surface area (Å²) in [4.78, 5) is 62.8. The van der Waals surface area contributed by atoms with Crippen LogP contribution in [0.25, 0.3) is 0 Å². The third-order valence-electron chi connectivity index (χ3n) is 6.44. The molecular weight excluding hydrogens is 633 g/mol. The Bertz CT molecular complexity index is 1640. The second kappa shape index (κ2) is 12.5. The van der Waals surface area contributed by atoms with E-state index >= 15 is 0 Å². The van der Waals surface area contributed by atoms with E-state index in [9.17, 15) is 42.6 Å². The number of esters is 1. The number of phenols is 1. The van der Waals surface area contributed by atoms with Crippen LogP contribution >= 0.6 is 23.2 Å². The molecule has 1 unspecified atom stereocenters. The van der Waals surface area contributed by atoms with Gasteiger partial charge in [0.1, 0.15) is 36.7 Å². The van der Waals surface area contributed by atoms with Crippen molar-refractivity contribution in [3.05, 3.63) is 74.9 Å². The van der Waals surface area contributed by atoms with Gasteiger partial charge >= 0.3 is 18.0 Å². The fraction of sp³-hybridized carbons (Fsp3) is 0.269. The van der Waals surface area contributed by atoms with Crippen molar-refractivity contribution in [3.8, 4) is 5.75 Å². The molecule has 2 aliphatic heterocycles. The lowest BCUT2D eigenvalue weighted by Gasteiger charge is -2.49. The maximum absolute atomic E-state index is 13.4. The van der Waals surface area contributed by atoms with Crippen molar-refractivity contribution in [1.82, 2.24) is 15.5 Å². The summed E-state index contributed by atoms with van der Waals surface area (Å²) in [6.45, 7) is 0.0741. The van der Waals surface area contributed by atoms with Gasteiger partial charge < -0.3 is 30.3 Å². The van der Waals surface area contributed by atoms with Crippen LogP contribution in [0.1, 0.15) is 24.1 Å². The van der Waals surface area contributed by atoms with E-state index in [0.717, 1.165) is 6.92 Å². The number of carbonyl (C=O) groups excluding carboxylic acids is 4. The van der Waals surface area contributed by atoms with E-state index in [0.29, 0.717) is 15.5 Å². The average Bonchev–Trinajstić information content (AvgIpc) is 2.92. The van der Waals surface area contributed by atoms with Gasteiger partial charge in [-0.05, 0) is 29.8 Å². The first-order valence-corrected chi connectivity index (χ1v) is 14.8. The number of alkyl carbamates (subject to hydrolysis) is 1. The summed E-state index contributed by atoms with van der Waals surface area (Å²) in [6.07, 6.45) is -1.09. The molecule has 2 aromatic carbocycles. The third kappa shape index (κ3) is 6.84. The number of amides is 3. The van der Waals surface area contributed by atoms with Crippen LogP contribution in [0.5, 0.6) is 5.75 Å². The molecule has 0 aromatic heterocycles. The van der Waals surface area contributed by atoms with E-state index in [1.807, 2.05) is 0 Å². The minimum atomic E-state index is -4.27. The lowest BCUT2D eigenvalue weighted by Crippen LogP contribution is -2.75. The smallest absolute Gasteiger partial charge is 0.408 e. The maximum atomic E-state index is 13.4. The van der Waals surface area contributed by atoms with Gasteiger partial charge in [0.25, 0.3) is 5.91 Å². The molecule has 0 spiro atoms. The number of carboxylic acid groups (broad SMARTS) is 1. The number of halogens is 2. The number of hydrogen-bond donors (Lipinski definition) is 4. The van der Waals surface area contributed by atoms with Gasteiger partial charge in [0.15, 0.2) is 15.2 Å². The molecule has 0 bridgehead atoms. The molecule has 4 N–H and O–H groups in total. The maximum Gasteiger partial charge on any atom is 0.408 e. The molecule has 17 heteroatoms. The lowest BCUT2D eigenvalue weighted by atomic mass is 10.0. The second-order valence-corrected chi connectivity index (χ2v) is 12.4. The second-order valence-electron chi connectivity index (χ2n) is 9.41.